The number of hydrogen-bond acceptors (Lipinski definition) is 2. The van der Waals surface area contributed by atoms with Crippen molar-refractivity contribution < 1.29 is 23.4 Å². The summed E-state index contributed by atoms with van der Waals surface area (Å²) in [5.41, 5.74) is 1.70. The van der Waals surface area contributed by atoms with Gasteiger partial charge in [-0.05, 0) is 28.8 Å². The van der Waals surface area contributed by atoms with Gasteiger partial charge in [0.05, 0.1) is 13.2 Å². The van der Waals surface area contributed by atoms with Gasteiger partial charge in [0.2, 0.25) is 0 Å². The first kappa shape index (κ1) is 15.9. The van der Waals surface area contributed by atoms with Gasteiger partial charge in [-0.2, -0.15) is 0 Å². The van der Waals surface area contributed by atoms with Gasteiger partial charge in [-0.1, -0.05) is 30.3 Å². The van der Waals surface area contributed by atoms with Crippen molar-refractivity contribution in [3.63, 3.8) is 0 Å². The van der Waals surface area contributed by atoms with Crippen LogP contribution in [0.15, 0.2) is 42.5 Å². The summed E-state index contributed by atoms with van der Waals surface area (Å²) in [5.74, 6) is -2.01. The number of amides is 1. The van der Waals surface area contributed by atoms with E-state index in [0.29, 0.717) is 17.7 Å². The number of nitrogens with one attached hydrogen (secondary N) is 1. The molecule has 0 unspecified atom stereocenters. The lowest BCUT2D eigenvalue weighted by molar-refractivity contribution is 0.106. The third-order valence-electron chi connectivity index (χ3n) is 3.04. The molecule has 6 heteroatoms. The monoisotopic (exact) mass is 307 g/mol. The van der Waals surface area contributed by atoms with Gasteiger partial charge >= 0.3 is 6.09 Å². The molecular weight excluding hydrogens is 292 g/mol. The molecule has 0 saturated heterocycles. The molecule has 0 fully saturated rings. The third kappa shape index (κ3) is 4.53. The summed E-state index contributed by atoms with van der Waals surface area (Å²) in [7, 11) is 0. The average Bonchev–Trinajstić information content (AvgIpc) is 2.50. The summed E-state index contributed by atoms with van der Waals surface area (Å²) in [6, 6.07) is 11.4. The molecule has 0 saturated carbocycles. The van der Waals surface area contributed by atoms with E-state index in [1.165, 1.54) is 0 Å². The largest absolute Gasteiger partial charge is 0.465 e. The standard InChI is InChI=1S/C16H15F2NO3/c17-14-6-12(8-19-16(20)21)13(7-15(14)18)10-22-9-11-4-2-1-3-5-11/h1-7,19H,8-10H2,(H,20,21). The molecule has 116 valence electrons. The molecule has 2 aromatic rings. The van der Waals surface area contributed by atoms with Crippen LogP contribution in [0.2, 0.25) is 0 Å². The maximum Gasteiger partial charge on any atom is 0.404 e. The second kappa shape index (κ2) is 7.51. The Morgan fingerprint density at radius 3 is 2.32 bits per heavy atom. The molecule has 1 amide bonds. The number of ether oxygens (including phenoxy) is 1. The summed E-state index contributed by atoms with van der Waals surface area (Å²) in [6.07, 6.45) is -1.24. The van der Waals surface area contributed by atoms with Crippen molar-refractivity contribution in [2.75, 3.05) is 0 Å². The molecule has 0 atom stereocenters. The molecule has 0 aliphatic carbocycles. The highest BCUT2D eigenvalue weighted by Crippen LogP contribution is 2.17. The van der Waals surface area contributed by atoms with E-state index in [4.69, 9.17) is 9.84 Å². The highest BCUT2D eigenvalue weighted by atomic mass is 19.2. The van der Waals surface area contributed by atoms with E-state index >= 15 is 0 Å². The van der Waals surface area contributed by atoms with E-state index in [-0.39, 0.29) is 13.2 Å². The molecule has 0 spiro atoms. The minimum Gasteiger partial charge on any atom is -0.465 e. The first-order chi connectivity index (χ1) is 10.6. The van der Waals surface area contributed by atoms with E-state index in [9.17, 15) is 13.6 Å². The smallest absolute Gasteiger partial charge is 0.404 e. The van der Waals surface area contributed by atoms with Gasteiger partial charge in [0.15, 0.2) is 11.6 Å². The van der Waals surface area contributed by atoms with Crippen LogP contribution in [0.3, 0.4) is 0 Å². The number of halogens is 2. The van der Waals surface area contributed by atoms with Crippen molar-refractivity contribution in [3.05, 3.63) is 70.8 Å². The van der Waals surface area contributed by atoms with Crippen LogP contribution >= 0.6 is 0 Å². The Morgan fingerprint density at radius 1 is 1.05 bits per heavy atom. The van der Waals surface area contributed by atoms with Crippen molar-refractivity contribution in [1.29, 1.82) is 0 Å². The van der Waals surface area contributed by atoms with Gasteiger partial charge in [0.25, 0.3) is 0 Å². The van der Waals surface area contributed by atoms with Crippen LogP contribution in [0.4, 0.5) is 13.6 Å². The summed E-state index contributed by atoms with van der Waals surface area (Å²) >= 11 is 0. The molecule has 2 N–H and O–H groups in total. The lowest BCUT2D eigenvalue weighted by atomic mass is 10.1. The summed E-state index contributed by atoms with van der Waals surface area (Å²) in [4.78, 5) is 10.5. The third-order valence-corrected chi connectivity index (χ3v) is 3.04. The molecule has 0 aliphatic heterocycles. The number of rotatable bonds is 6. The predicted octanol–water partition coefficient (Wildman–Crippen LogP) is 3.45. The highest BCUT2D eigenvalue weighted by Gasteiger charge is 2.11. The molecule has 4 nitrogen and oxygen atoms in total. The van der Waals surface area contributed by atoms with E-state index in [1.807, 2.05) is 30.3 Å². The fourth-order valence-corrected chi connectivity index (χ4v) is 1.95. The normalized spacial score (nSPS) is 10.5. The Bertz CT molecular complexity index is 647. The predicted molar refractivity (Wildman–Crippen MR) is 76.2 cm³/mol. The van der Waals surface area contributed by atoms with Crippen LogP contribution in [0.1, 0.15) is 16.7 Å². The van der Waals surface area contributed by atoms with Crippen LogP contribution in [0, 0.1) is 11.6 Å². The molecule has 0 heterocycles. The maximum atomic E-state index is 13.3. The van der Waals surface area contributed by atoms with Gasteiger partial charge in [0, 0.05) is 6.54 Å². The van der Waals surface area contributed by atoms with Crippen molar-refractivity contribution in [2.24, 2.45) is 0 Å². The first-order valence-corrected chi connectivity index (χ1v) is 6.61. The lowest BCUT2D eigenvalue weighted by Crippen LogP contribution is -2.21. The topological polar surface area (TPSA) is 58.6 Å². The number of hydrogen-bond donors (Lipinski definition) is 2. The van der Waals surface area contributed by atoms with Crippen LogP contribution in [0.5, 0.6) is 0 Å². The van der Waals surface area contributed by atoms with E-state index < -0.39 is 17.7 Å². The molecule has 0 aliphatic rings. The van der Waals surface area contributed by atoms with Crippen molar-refractivity contribution in [3.8, 4) is 0 Å². The molecule has 0 bridgehead atoms. The van der Waals surface area contributed by atoms with Crippen molar-refractivity contribution in [1.82, 2.24) is 5.32 Å². The van der Waals surface area contributed by atoms with Gasteiger partial charge < -0.3 is 15.2 Å². The van der Waals surface area contributed by atoms with Crippen molar-refractivity contribution in [2.45, 2.75) is 19.8 Å². The Hall–Kier alpha value is -2.47. The van der Waals surface area contributed by atoms with E-state index in [1.54, 1.807) is 0 Å². The van der Waals surface area contributed by atoms with Crippen LogP contribution in [0.25, 0.3) is 0 Å². The SMILES string of the molecule is O=C(O)NCc1cc(F)c(F)cc1COCc1ccccc1. The molecule has 2 rings (SSSR count). The Morgan fingerprint density at radius 2 is 1.68 bits per heavy atom. The molecule has 0 aromatic heterocycles. The molecular formula is C16H15F2NO3. The van der Waals surface area contributed by atoms with Crippen LogP contribution < -0.4 is 5.32 Å². The van der Waals surface area contributed by atoms with Crippen molar-refractivity contribution >= 4 is 6.09 Å². The van der Waals surface area contributed by atoms with Gasteiger partial charge in [0.1, 0.15) is 0 Å². The van der Waals surface area contributed by atoms with Crippen LogP contribution in [-0.2, 0) is 24.5 Å². The molecule has 0 radical (unpaired) electrons. The van der Waals surface area contributed by atoms with Gasteiger partial charge in [-0.3, -0.25) is 0 Å². The number of carbonyl (C=O) groups is 1. The number of benzene rings is 2. The van der Waals surface area contributed by atoms with Gasteiger partial charge in [-0.15, -0.1) is 0 Å². The maximum absolute atomic E-state index is 13.3. The fraction of sp³-hybridized carbons (Fsp3) is 0.188. The Balaban J connectivity index is 2.04. The van der Waals surface area contributed by atoms with E-state index in [0.717, 1.165) is 17.7 Å². The zero-order valence-electron chi connectivity index (χ0n) is 11.7. The highest BCUT2D eigenvalue weighted by molar-refractivity contribution is 5.64. The average molecular weight is 307 g/mol. The Labute approximate surface area is 126 Å². The second-order valence-corrected chi connectivity index (χ2v) is 4.67. The first-order valence-electron chi connectivity index (χ1n) is 6.61. The molecule has 2 aromatic carbocycles. The van der Waals surface area contributed by atoms with Crippen LogP contribution in [-0.4, -0.2) is 11.2 Å². The fourth-order valence-electron chi connectivity index (χ4n) is 1.95. The zero-order valence-corrected chi connectivity index (χ0v) is 11.7. The summed E-state index contributed by atoms with van der Waals surface area (Å²) in [5, 5.41) is 10.7. The van der Waals surface area contributed by atoms with E-state index in [2.05, 4.69) is 5.32 Å². The summed E-state index contributed by atoms with van der Waals surface area (Å²) in [6.45, 7) is 0.269. The Kier molecular flexibility index (Phi) is 5.43. The van der Waals surface area contributed by atoms with Gasteiger partial charge in [-0.25, -0.2) is 13.6 Å². The minimum absolute atomic E-state index is 0.0583. The minimum atomic E-state index is -1.24. The second-order valence-electron chi connectivity index (χ2n) is 4.67. The lowest BCUT2D eigenvalue weighted by Gasteiger charge is -2.11. The number of carboxylic acid groups (broad SMARTS) is 1. The zero-order chi connectivity index (χ0) is 15.9. The quantitative estimate of drug-likeness (QED) is 0.859. The summed E-state index contributed by atoms with van der Waals surface area (Å²) < 4.78 is 32.1. The molecule has 22 heavy (non-hydrogen) atoms.